The van der Waals surface area contributed by atoms with Crippen molar-refractivity contribution in [3.63, 3.8) is 0 Å². The minimum Gasteiger partial charge on any atom is -0.415 e. The van der Waals surface area contributed by atoms with Gasteiger partial charge in [0.1, 0.15) is 0 Å². The van der Waals surface area contributed by atoms with E-state index < -0.39 is 68.5 Å². The molecule has 0 radical (unpaired) electrons. The van der Waals surface area contributed by atoms with Crippen molar-refractivity contribution in [2.45, 2.75) is 162 Å². The van der Waals surface area contributed by atoms with E-state index in [-0.39, 0.29) is 0 Å². The zero-order valence-electron chi connectivity index (χ0n) is 45.2. The van der Waals surface area contributed by atoms with Gasteiger partial charge in [-0.3, -0.25) is 0 Å². The average Bonchev–Trinajstić information content (AvgIpc) is 3.17. The lowest BCUT2D eigenvalue weighted by atomic mass is 9.92. The summed E-state index contributed by atoms with van der Waals surface area (Å²) in [5, 5.41) is 5.05. The summed E-state index contributed by atoms with van der Waals surface area (Å²) in [5.74, 6) is 2.46. The molecule has 0 aliphatic carbocycles. The van der Waals surface area contributed by atoms with Crippen LogP contribution in [0.5, 0.6) is 0 Å². The third-order valence-corrected chi connectivity index (χ3v) is 66.0. The number of benzene rings is 4. The van der Waals surface area contributed by atoms with Gasteiger partial charge in [-0.15, -0.1) is 0 Å². The maximum Gasteiger partial charge on any atom is 0.349 e. The minimum absolute atomic E-state index is 0.335. The molecule has 0 amide bonds. The van der Waals surface area contributed by atoms with Gasteiger partial charge < -0.3 is 32.9 Å². The summed E-state index contributed by atoms with van der Waals surface area (Å²) in [6, 6.07) is 35.2. The van der Waals surface area contributed by atoms with Crippen LogP contribution in [0.3, 0.4) is 0 Å². The van der Waals surface area contributed by atoms with E-state index in [0.717, 1.165) is 64.9 Å². The first-order chi connectivity index (χ1) is 32.9. The lowest BCUT2D eigenvalue weighted by molar-refractivity contribution is 0.160. The quantitative estimate of drug-likeness (QED) is 0.0765. The molecule has 8 bridgehead atoms. The Bertz CT molecular complexity index is 2330. The summed E-state index contributed by atoms with van der Waals surface area (Å²) >= 11 is 0. The first-order valence-electron chi connectivity index (χ1n) is 27.2. The fourth-order valence-electron chi connectivity index (χ4n) is 13.9. The van der Waals surface area contributed by atoms with Crippen LogP contribution in [0.1, 0.15) is 102 Å². The minimum atomic E-state index is -3.50. The summed E-state index contributed by atoms with van der Waals surface area (Å²) in [6.07, 6.45) is 2.33. The number of hydrogen-bond donors (Lipinski definition) is 0. The summed E-state index contributed by atoms with van der Waals surface area (Å²) in [4.78, 5) is 0. The Morgan fingerprint density at radius 3 is 1.00 bits per heavy atom. The van der Waals surface area contributed by atoms with Gasteiger partial charge in [-0.25, -0.2) is 0 Å². The van der Waals surface area contributed by atoms with Gasteiger partial charge in [0, 0.05) is 22.7 Å². The Morgan fingerprint density at radius 2 is 0.671 bits per heavy atom. The standard InChI is InChI=1S/C54H86O8Si8/c1-41(2)30-64-37-63(28-27-48-23-25-49(26-24-48)54-52-21-17-15-19-50(52)29-51-20-16-18-22-53(51)54)55-65(31-42(3)4)38-67(57-64,33-44(7)8)61-70(36-47(13)14)40-69(58-64,35-46(11)12)60-66(56-63,32-43(5)6)39-68(59-65,62-70)34-45(9)10/h15-29,41-47H,30-40H2,1-14H3. The predicted octanol–water partition coefficient (Wildman–Crippen LogP) is 15.7. The zero-order chi connectivity index (χ0) is 50.1. The van der Waals surface area contributed by atoms with E-state index in [1.807, 2.05) is 0 Å². The van der Waals surface area contributed by atoms with Gasteiger partial charge in [0.05, 0.1) is 0 Å². The molecule has 16 heteroatoms. The maximum absolute atomic E-state index is 8.56. The Morgan fingerprint density at radius 1 is 0.371 bits per heavy atom. The van der Waals surface area contributed by atoms with Crippen LogP contribution in [0.4, 0.5) is 0 Å². The third kappa shape index (κ3) is 11.2. The van der Waals surface area contributed by atoms with Gasteiger partial charge in [0.15, 0.2) is 0 Å². The smallest absolute Gasteiger partial charge is 0.349 e. The second kappa shape index (κ2) is 19.9. The topological polar surface area (TPSA) is 73.8 Å². The highest BCUT2D eigenvalue weighted by atomic mass is 28.6. The van der Waals surface area contributed by atoms with Gasteiger partial charge in [0.2, 0.25) is 0 Å². The molecule has 6 heterocycles. The SMILES string of the molecule is CC(C)C[Si]12C[Si]3(CC(C)C)O[Si]4(CC(C)C)C[Si]5(CC(C)C)O[Si](CC(C)C)(C[Si](C=Cc6ccc(-c7c8ccccc8cc8ccccc78)cc6)(O1)O4)O[Si](CC(C)C)(C[Si](CC(C)C)(O3)O5)O2. The van der Waals surface area contributed by atoms with Gasteiger partial charge in [0.25, 0.3) is 0 Å². The molecule has 6 aliphatic rings. The van der Waals surface area contributed by atoms with Crippen molar-refractivity contribution >= 4 is 96.1 Å². The summed E-state index contributed by atoms with van der Waals surface area (Å²) in [5.41, 5.74) is 9.03. The monoisotopic (exact) mass is 1090 g/mol. The van der Waals surface area contributed by atoms with Crippen molar-refractivity contribution in [1.82, 2.24) is 0 Å². The van der Waals surface area contributed by atoms with Crippen LogP contribution in [0, 0.1) is 41.4 Å². The van der Waals surface area contributed by atoms with Crippen molar-refractivity contribution in [2.24, 2.45) is 41.4 Å². The first-order valence-corrected chi connectivity index (χ1v) is 44.9. The molecule has 382 valence electrons. The van der Waals surface area contributed by atoms with Crippen LogP contribution >= 0.6 is 0 Å². The van der Waals surface area contributed by atoms with E-state index in [1.165, 1.54) is 32.7 Å². The summed E-state index contributed by atoms with van der Waals surface area (Å²) in [7, 11) is -26.1. The van der Waals surface area contributed by atoms with Gasteiger partial charge in [-0.1, -0.05) is 176 Å². The van der Waals surface area contributed by atoms with E-state index in [1.54, 1.807) is 0 Å². The van der Waals surface area contributed by atoms with Crippen molar-refractivity contribution in [2.75, 3.05) is 0 Å². The maximum atomic E-state index is 8.56. The van der Waals surface area contributed by atoms with E-state index >= 15 is 0 Å². The zero-order valence-corrected chi connectivity index (χ0v) is 53.2. The fourth-order valence-corrected chi connectivity index (χ4v) is 86.3. The Kier molecular flexibility index (Phi) is 15.2. The van der Waals surface area contributed by atoms with Crippen LogP contribution in [-0.2, 0) is 32.9 Å². The van der Waals surface area contributed by atoms with Crippen LogP contribution < -0.4 is 0 Å². The lowest BCUT2D eigenvalue weighted by Crippen LogP contribution is -2.85. The predicted molar refractivity (Wildman–Crippen MR) is 307 cm³/mol. The van der Waals surface area contributed by atoms with Crippen molar-refractivity contribution in [3.05, 3.63) is 90.1 Å². The van der Waals surface area contributed by atoms with E-state index in [0.29, 0.717) is 47.1 Å². The van der Waals surface area contributed by atoms with Gasteiger partial charge >= 0.3 is 68.5 Å². The van der Waals surface area contributed by atoms with Gasteiger partial charge in [-0.05, 0) is 134 Å². The van der Waals surface area contributed by atoms with Crippen LogP contribution in [0.2, 0.25) is 65.0 Å². The van der Waals surface area contributed by atoms with E-state index in [9.17, 15) is 0 Å². The Balaban J connectivity index is 1.29. The molecule has 70 heavy (non-hydrogen) atoms. The van der Waals surface area contributed by atoms with Crippen molar-refractivity contribution in [3.8, 4) is 11.1 Å². The number of rotatable bonds is 17. The number of hydrogen-bond acceptors (Lipinski definition) is 8. The summed E-state index contributed by atoms with van der Waals surface area (Å²) < 4.78 is 68.0. The largest absolute Gasteiger partial charge is 0.415 e. The molecule has 8 nitrogen and oxygen atoms in total. The molecule has 0 aromatic heterocycles. The first kappa shape index (κ1) is 53.4. The van der Waals surface area contributed by atoms with Crippen LogP contribution in [0.15, 0.2) is 84.6 Å². The van der Waals surface area contributed by atoms with E-state index in [4.69, 9.17) is 32.9 Å². The highest BCUT2D eigenvalue weighted by molar-refractivity contribution is 7.14. The molecular weight excluding hydrogens is 1000 g/mol. The molecule has 4 aromatic carbocycles. The molecule has 6 aliphatic heterocycles. The fraction of sp³-hybridized carbons (Fsp3) is 0.593. The normalized spacial score (nSPS) is 34.3. The van der Waals surface area contributed by atoms with E-state index in [2.05, 4.69) is 188 Å². The van der Waals surface area contributed by atoms with Crippen molar-refractivity contribution < 1.29 is 32.9 Å². The molecule has 10 rings (SSSR count). The molecule has 0 spiro atoms. The molecule has 8 atom stereocenters. The molecule has 0 N–H and O–H groups in total. The Labute approximate surface area is 430 Å². The third-order valence-electron chi connectivity index (χ3n) is 14.6. The molecule has 6 fully saturated rings. The van der Waals surface area contributed by atoms with Crippen molar-refractivity contribution in [1.29, 1.82) is 0 Å². The molecule has 4 aromatic rings. The van der Waals surface area contributed by atoms with Gasteiger partial charge in [-0.2, -0.15) is 0 Å². The highest BCUT2D eigenvalue weighted by Crippen LogP contribution is 2.59. The molecule has 6 saturated heterocycles. The highest BCUT2D eigenvalue weighted by Gasteiger charge is 2.78. The molecular formula is C54H86O8Si8. The second-order valence-corrected chi connectivity index (χ2v) is 55.3. The summed E-state index contributed by atoms with van der Waals surface area (Å²) in [6.45, 7) is 33.0. The molecule has 0 saturated carbocycles. The Hall–Kier alpha value is -1.44. The second-order valence-electron chi connectivity index (χ2n) is 25.5. The number of fused-ring (bicyclic) bond motifs is 2. The van der Waals surface area contributed by atoms with Crippen LogP contribution in [-0.4, -0.2) is 68.5 Å². The average molecular weight is 1090 g/mol. The lowest BCUT2D eigenvalue weighted by Gasteiger charge is -2.66. The van der Waals surface area contributed by atoms with Crippen LogP contribution in [0.25, 0.3) is 38.7 Å². The molecule has 8 unspecified atom stereocenters.